The Labute approximate surface area is 218 Å². The minimum Gasteiger partial charge on any atom is -0.502 e. The highest BCUT2D eigenvalue weighted by Crippen LogP contribution is 2.56. The van der Waals surface area contributed by atoms with Crippen molar-refractivity contribution in [3.8, 4) is 28.7 Å². The minimum absolute atomic E-state index is 0.0402. The van der Waals surface area contributed by atoms with Gasteiger partial charge in [-0.2, -0.15) is 0 Å². The molecule has 5 rings (SSSR count). The summed E-state index contributed by atoms with van der Waals surface area (Å²) in [5, 5.41) is 21.9. The molecule has 204 valence electrons. The van der Waals surface area contributed by atoms with E-state index in [4.69, 9.17) is 38.3 Å². The molecule has 1 fully saturated rings. The number of carbonyl (C=O) groups is 2. The third kappa shape index (κ3) is 4.61. The van der Waals surface area contributed by atoms with Gasteiger partial charge in [-0.3, -0.25) is 4.79 Å². The Bertz CT molecular complexity index is 1190. The molecule has 12 heteroatoms. The fourth-order valence-electron chi connectivity index (χ4n) is 5.31. The number of amides is 1. The van der Waals surface area contributed by atoms with Crippen molar-refractivity contribution in [2.45, 2.75) is 12.0 Å². The number of ether oxygens (including phenoxy) is 7. The number of hydrogen-bond acceptors (Lipinski definition) is 11. The molecule has 3 N–H and O–H groups in total. The number of rotatable bonds is 9. The lowest BCUT2D eigenvalue weighted by Gasteiger charge is -2.38. The normalized spacial score (nSPS) is 22.8. The van der Waals surface area contributed by atoms with Gasteiger partial charge in [0.05, 0.1) is 46.6 Å². The number of aliphatic hydroxyl groups is 1. The Morgan fingerprint density at radius 2 is 1.71 bits per heavy atom. The summed E-state index contributed by atoms with van der Waals surface area (Å²) < 4.78 is 38.5. The van der Waals surface area contributed by atoms with Crippen LogP contribution in [0.15, 0.2) is 24.3 Å². The van der Waals surface area contributed by atoms with Crippen molar-refractivity contribution in [2.75, 3.05) is 54.0 Å². The maximum absolute atomic E-state index is 13.1. The SMILES string of the molecule is COc1cc(C2c3cc4c(cc3C(OC(=O)NCCOCCO)C3COC(=O)C23)OCO4)cc(OC)c1O. The molecule has 0 bridgehead atoms. The minimum atomic E-state index is -0.813. The molecule has 0 saturated carbocycles. The lowest BCUT2D eigenvalue weighted by atomic mass is 9.66. The summed E-state index contributed by atoms with van der Waals surface area (Å²) in [4.78, 5) is 25.9. The summed E-state index contributed by atoms with van der Waals surface area (Å²) in [5.74, 6) is -0.962. The van der Waals surface area contributed by atoms with Gasteiger partial charge in [-0.15, -0.1) is 0 Å². The van der Waals surface area contributed by atoms with Crippen molar-refractivity contribution in [2.24, 2.45) is 11.8 Å². The van der Waals surface area contributed by atoms with Gasteiger partial charge in [-0.05, 0) is 35.4 Å². The standard InChI is InChI=1S/C26H29NO11/c1-32-19-7-13(8-20(33-2)23(19)29)21-14-9-17-18(37-12-36-17)10-15(14)24(16-11-35-25(30)22(16)21)38-26(31)27-3-5-34-6-4-28/h7-10,16,21-22,24,28-29H,3-6,11-12H2,1-2H3,(H,27,31). The van der Waals surface area contributed by atoms with Crippen LogP contribution in [0.4, 0.5) is 4.79 Å². The first-order valence-electron chi connectivity index (χ1n) is 12.1. The van der Waals surface area contributed by atoms with Crippen LogP contribution in [0.3, 0.4) is 0 Å². The Balaban J connectivity index is 1.55. The Morgan fingerprint density at radius 3 is 2.37 bits per heavy atom. The first-order chi connectivity index (χ1) is 18.5. The lowest BCUT2D eigenvalue weighted by molar-refractivity contribution is -0.141. The van der Waals surface area contributed by atoms with Gasteiger partial charge in [0.25, 0.3) is 0 Å². The zero-order valence-electron chi connectivity index (χ0n) is 20.9. The third-order valence-electron chi connectivity index (χ3n) is 6.97. The first-order valence-corrected chi connectivity index (χ1v) is 12.1. The summed E-state index contributed by atoms with van der Waals surface area (Å²) in [6.45, 7) is 0.527. The maximum Gasteiger partial charge on any atom is 0.407 e. The van der Waals surface area contributed by atoms with Crippen molar-refractivity contribution in [1.29, 1.82) is 0 Å². The second-order valence-electron chi connectivity index (χ2n) is 8.99. The average molecular weight is 532 g/mol. The number of fused-ring (bicyclic) bond motifs is 3. The molecule has 2 heterocycles. The molecule has 2 aromatic rings. The summed E-state index contributed by atoms with van der Waals surface area (Å²) in [5.41, 5.74) is 1.99. The number of phenols is 1. The molecule has 0 radical (unpaired) electrons. The van der Waals surface area contributed by atoms with Crippen LogP contribution >= 0.6 is 0 Å². The predicted molar refractivity (Wildman–Crippen MR) is 129 cm³/mol. The van der Waals surface area contributed by atoms with Crippen molar-refractivity contribution >= 4 is 12.1 Å². The van der Waals surface area contributed by atoms with E-state index in [2.05, 4.69) is 5.32 Å². The van der Waals surface area contributed by atoms with Crippen LogP contribution in [0.25, 0.3) is 0 Å². The van der Waals surface area contributed by atoms with E-state index in [1.807, 2.05) is 0 Å². The Hall–Kier alpha value is -3.90. The average Bonchev–Trinajstić information content (AvgIpc) is 3.54. The molecule has 38 heavy (non-hydrogen) atoms. The van der Waals surface area contributed by atoms with E-state index in [-0.39, 0.29) is 57.0 Å². The highest BCUT2D eigenvalue weighted by atomic mass is 16.7. The quantitative estimate of drug-likeness (QED) is 0.321. The largest absolute Gasteiger partial charge is 0.502 e. The number of alkyl carbamates (subject to hydrolysis) is 1. The lowest BCUT2D eigenvalue weighted by Crippen LogP contribution is -2.38. The van der Waals surface area contributed by atoms with Crippen molar-refractivity contribution in [3.05, 3.63) is 41.0 Å². The Kier molecular flexibility index (Phi) is 7.34. The van der Waals surface area contributed by atoms with Gasteiger partial charge in [-0.1, -0.05) is 0 Å². The van der Waals surface area contributed by atoms with Gasteiger partial charge in [0, 0.05) is 23.9 Å². The molecule has 0 spiro atoms. The molecule has 4 atom stereocenters. The van der Waals surface area contributed by atoms with E-state index >= 15 is 0 Å². The predicted octanol–water partition coefficient (Wildman–Crippen LogP) is 1.85. The van der Waals surface area contributed by atoms with E-state index in [9.17, 15) is 14.7 Å². The van der Waals surface area contributed by atoms with E-state index in [1.165, 1.54) is 14.2 Å². The highest BCUT2D eigenvalue weighted by Gasteiger charge is 2.54. The van der Waals surface area contributed by atoms with Gasteiger partial charge in [0.1, 0.15) is 6.10 Å². The molecule has 1 saturated heterocycles. The van der Waals surface area contributed by atoms with E-state index in [0.717, 1.165) is 0 Å². The molecule has 1 amide bonds. The fraction of sp³-hybridized carbons (Fsp3) is 0.462. The van der Waals surface area contributed by atoms with Crippen LogP contribution in [0.5, 0.6) is 28.7 Å². The van der Waals surface area contributed by atoms with E-state index in [0.29, 0.717) is 28.2 Å². The molecular weight excluding hydrogens is 502 g/mol. The number of aromatic hydroxyl groups is 1. The Morgan fingerprint density at radius 1 is 1.03 bits per heavy atom. The molecule has 1 aliphatic carbocycles. The smallest absolute Gasteiger partial charge is 0.407 e. The molecule has 0 aromatic heterocycles. The number of benzene rings is 2. The molecule has 12 nitrogen and oxygen atoms in total. The number of esters is 1. The molecule has 2 aromatic carbocycles. The van der Waals surface area contributed by atoms with Crippen LogP contribution in [-0.2, 0) is 19.0 Å². The van der Waals surface area contributed by atoms with Crippen molar-refractivity contribution < 1.29 is 53.0 Å². The molecular formula is C26H29NO11. The number of phenolic OH excluding ortho intramolecular Hbond substituents is 1. The van der Waals surface area contributed by atoms with Crippen LogP contribution < -0.4 is 24.3 Å². The molecule has 4 unspecified atom stereocenters. The summed E-state index contributed by atoms with van der Waals surface area (Å²) >= 11 is 0. The van der Waals surface area contributed by atoms with Gasteiger partial charge in [0.15, 0.2) is 23.0 Å². The summed E-state index contributed by atoms with van der Waals surface area (Å²) in [7, 11) is 2.85. The van der Waals surface area contributed by atoms with Crippen LogP contribution in [-0.4, -0.2) is 76.3 Å². The van der Waals surface area contributed by atoms with Crippen molar-refractivity contribution in [1.82, 2.24) is 5.32 Å². The van der Waals surface area contributed by atoms with E-state index < -0.39 is 35.9 Å². The van der Waals surface area contributed by atoms with E-state index in [1.54, 1.807) is 24.3 Å². The summed E-state index contributed by atoms with van der Waals surface area (Å²) in [6.07, 6.45) is -1.50. The number of carbonyl (C=O) groups excluding carboxylic acids is 2. The topological polar surface area (TPSA) is 151 Å². The van der Waals surface area contributed by atoms with Gasteiger partial charge in [-0.25, -0.2) is 4.79 Å². The summed E-state index contributed by atoms with van der Waals surface area (Å²) in [6, 6.07) is 6.85. The first kappa shape index (κ1) is 25.7. The van der Waals surface area contributed by atoms with Gasteiger partial charge < -0.3 is 48.7 Å². The molecule has 2 aliphatic heterocycles. The second-order valence-corrected chi connectivity index (χ2v) is 8.99. The monoisotopic (exact) mass is 531 g/mol. The maximum atomic E-state index is 13.1. The third-order valence-corrected chi connectivity index (χ3v) is 6.97. The van der Waals surface area contributed by atoms with Crippen molar-refractivity contribution in [3.63, 3.8) is 0 Å². The van der Waals surface area contributed by atoms with Gasteiger partial charge >= 0.3 is 12.1 Å². The zero-order valence-corrected chi connectivity index (χ0v) is 20.9. The number of aliphatic hydroxyl groups excluding tert-OH is 1. The number of nitrogens with one attached hydrogen (secondary N) is 1. The van der Waals surface area contributed by atoms with Crippen LogP contribution in [0.1, 0.15) is 28.7 Å². The fourth-order valence-corrected chi connectivity index (χ4v) is 5.31. The zero-order chi connectivity index (χ0) is 26.8. The second kappa shape index (κ2) is 10.8. The molecule has 3 aliphatic rings. The number of hydrogen-bond donors (Lipinski definition) is 3. The number of cyclic esters (lactones) is 1. The van der Waals surface area contributed by atoms with Gasteiger partial charge in [0.2, 0.25) is 12.5 Å². The highest BCUT2D eigenvalue weighted by molar-refractivity contribution is 5.79. The van der Waals surface area contributed by atoms with Crippen LogP contribution in [0, 0.1) is 11.8 Å². The number of methoxy groups -OCH3 is 2. The van der Waals surface area contributed by atoms with Crippen LogP contribution in [0.2, 0.25) is 0 Å².